The van der Waals surface area contributed by atoms with Crippen LogP contribution in [0.4, 0.5) is 5.69 Å². The van der Waals surface area contributed by atoms with Gasteiger partial charge in [0.1, 0.15) is 10.6 Å². The van der Waals surface area contributed by atoms with Gasteiger partial charge < -0.3 is 5.32 Å². The number of hydrogen-bond donors (Lipinski definition) is 1. The number of benzene rings is 1. The van der Waals surface area contributed by atoms with Crippen molar-refractivity contribution in [3.8, 4) is 0 Å². The summed E-state index contributed by atoms with van der Waals surface area (Å²) in [4.78, 5) is 12.0. The van der Waals surface area contributed by atoms with Gasteiger partial charge in [0.25, 0.3) is 0 Å². The molecular weight excluding hydrogens is 412 g/mol. The normalized spacial score (nSPS) is 15.8. The lowest BCUT2D eigenvalue weighted by Gasteiger charge is -2.17. The monoisotopic (exact) mass is 436 g/mol. The van der Waals surface area contributed by atoms with Gasteiger partial charge in [-0.3, -0.25) is 4.79 Å². The van der Waals surface area contributed by atoms with Gasteiger partial charge in [0.15, 0.2) is 9.84 Å². The first-order valence-corrected chi connectivity index (χ1v) is 12.6. The zero-order valence-electron chi connectivity index (χ0n) is 15.3. The predicted molar refractivity (Wildman–Crippen MR) is 106 cm³/mol. The van der Waals surface area contributed by atoms with E-state index in [2.05, 4.69) is 5.32 Å². The highest BCUT2D eigenvalue weighted by Gasteiger charge is 2.29. The number of rotatable bonds is 9. The third-order valence-electron chi connectivity index (χ3n) is 4.31. The molecule has 1 heterocycles. The lowest BCUT2D eigenvalue weighted by Crippen LogP contribution is -2.28. The molecule has 1 N–H and O–H groups in total. The van der Waals surface area contributed by atoms with Gasteiger partial charge in [-0.15, -0.1) is 0 Å². The maximum Gasteiger partial charge on any atom is 0.244 e. The van der Waals surface area contributed by atoms with Crippen LogP contribution in [0.15, 0.2) is 23.1 Å². The molecule has 1 aliphatic heterocycles. The van der Waals surface area contributed by atoms with E-state index in [-0.39, 0.29) is 21.4 Å². The summed E-state index contributed by atoms with van der Waals surface area (Å²) in [6.07, 6.45) is 3.79. The Balaban J connectivity index is 2.10. The fourth-order valence-electron chi connectivity index (χ4n) is 2.89. The summed E-state index contributed by atoms with van der Waals surface area (Å²) in [5, 5.41) is 2.52. The van der Waals surface area contributed by atoms with E-state index in [0.717, 1.165) is 25.7 Å². The van der Waals surface area contributed by atoms with Crippen LogP contribution in [0.5, 0.6) is 0 Å². The van der Waals surface area contributed by atoms with Crippen LogP contribution in [0.3, 0.4) is 0 Å². The van der Waals surface area contributed by atoms with Crippen molar-refractivity contribution in [3.05, 3.63) is 23.2 Å². The molecule has 0 bridgehead atoms. The van der Waals surface area contributed by atoms with Gasteiger partial charge in [-0.05, 0) is 37.5 Å². The molecule has 1 fully saturated rings. The van der Waals surface area contributed by atoms with Crippen LogP contribution in [-0.4, -0.2) is 51.6 Å². The van der Waals surface area contributed by atoms with E-state index in [9.17, 15) is 21.6 Å². The molecule has 7 nitrogen and oxygen atoms in total. The van der Waals surface area contributed by atoms with Gasteiger partial charge in [0.2, 0.25) is 15.9 Å². The summed E-state index contributed by atoms with van der Waals surface area (Å²) in [6.45, 7) is 2.84. The molecule has 0 aliphatic carbocycles. The number of nitrogens with one attached hydrogen (secondary N) is 1. The molecule has 1 aromatic rings. The lowest BCUT2D eigenvalue weighted by molar-refractivity contribution is -0.113. The Bertz CT molecular complexity index is 879. The van der Waals surface area contributed by atoms with E-state index in [1.54, 1.807) is 0 Å². The summed E-state index contributed by atoms with van der Waals surface area (Å²) >= 11 is 6.06. The number of anilines is 1. The fourth-order valence-corrected chi connectivity index (χ4v) is 6.16. The SMILES string of the molecule is CCCCCS(=O)(=O)CC(=O)Nc1ccc(Cl)c(S(=O)(=O)N2CCCC2)c1. The Morgan fingerprint density at radius 2 is 1.81 bits per heavy atom. The molecule has 2 rings (SSSR count). The van der Waals surface area contributed by atoms with E-state index in [4.69, 9.17) is 11.6 Å². The van der Waals surface area contributed by atoms with E-state index < -0.39 is 31.5 Å². The molecule has 0 atom stereocenters. The zero-order chi connectivity index (χ0) is 20.1. The molecule has 27 heavy (non-hydrogen) atoms. The molecule has 152 valence electrons. The van der Waals surface area contributed by atoms with Crippen molar-refractivity contribution in [1.29, 1.82) is 0 Å². The minimum atomic E-state index is -3.75. The van der Waals surface area contributed by atoms with Gasteiger partial charge in [0.05, 0.1) is 10.8 Å². The second-order valence-corrected chi connectivity index (χ2v) is 11.1. The first-order chi connectivity index (χ1) is 12.7. The van der Waals surface area contributed by atoms with Crippen molar-refractivity contribution >= 4 is 43.1 Å². The van der Waals surface area contributed by atoms with Crippen LogP contribution in [0.1, 0.15) is 39.0 Å². The topological polar surface area (TPSA) is 101 Å². The van der Waals surface area contributed by atoms with Crippen molar-refractivity contribution in [3.63, 3.8) is 0 Å². The summed E-state index contributed by atoms with van der Waals surface area (Å²) in [6, 6.07) is 4.11. The molecule has 1 aromatic carbocycles. The Morgan fingerprint density at radius 3 is 2.44 bits per heavy atom. The molecule has 10 heteroatoms. The Morgan fingerprint density at radius 1 is 1.15 bits per heavy atom. The molecule has 0 spiro atoms. The molecule has 0 unspecified atom stereocenters. The van der Waals surface area contributed by atoms with Crippen molar-refractivity contribution in [2.45, 2.75) is 43.9 Å². The van der Waals surface area contributed by atoms with Gasteiger partial charge in [0, 0.05) is 18.8 Å². The number of unbranched alkanes of at least 4 members (excludes halogenated alkanes) is 2. The Kier molecular flexibility index (Phi) is 7.67. The molecule has 0 radical (unpaired) electrons. The van der Waals surface area contributed by atoms with E-state index >= 15 is 0 Å². The fraction of sp³-hybridized carbons (Fsp3) is 0.588. The van der Waals surface area contributed by atoms with Crippen molar-refractivity contribution in [2.24, 2.45) is 0 Å². The van der Waals surface area contributed by atoms with E-state index in [0.29, 0.717) is 19.5 Å². The van der Waals surface area contributed by atoms with Crippen LogP contribution >= 0.6 is 11.6 Å². The quantitative estimate of drug-likeness (QED) is 0.599. The average Bonchev–Trinajstić information content (AvgIpc) is 3.11. The number of sulfonamides is 1. The number of sulfone groups is 1. The van der Waals surface area contributed by atoms with Crippen LogP contribution in [0.25, 0.3) is 0 Å². The van der Waals surface area contributed by atoms with Crippen molar-refractivity contribution in [2.75, 3.05) is 29.9 Å². The molecule has 1 amide bonds. The highest BCUT2D eigenvalue weighted by atomic mass is 35.5. The van der Waals surface area contributed by atoms with Gasteiger partial charge in [-0.2, -0.15) is 4.31 Å². The number of carbonyl (C=O) groups is 1. The smallest absolute Gasteiger partial charge is 0.244 e. The van der Waals surface area contributed by atoms with Gasteiger partial charge in [-0.25, -0.2) is 16.8 Å². The zero-order valence-corrected chi connectivity index (χ0v) is 17.7. The lowest BCUT2D eigenvalue weighted by atomic mass is 10.3. The summed E-state index contributed by atoms with van der Waals surface area (Å²) in [5.41, 5.74) is 0.200. The van der Waals surface area contributed by atoms with Crippen molar-refractivity contribution in [1.82, 2.24) is 4.31 Å². The van der Waals surface area contributed by atoms with Crippen LogP contribution in [0, 0.1) is 0 Å². The predicted octanol–water partition coefficient (Wildman–Crippen LogP) is 2.67. The second kappa shape index (κ2) is 9.36. The molecular formula is C17H25ClN2O5S2. The molecule has 0 saturated carbocycles. The van der Waals surface area contributed by atoms with Gasteiger partial charge in [-0.1, -0.05) is 31.4 Å². The maximum atomic E-state index is 12.7. The number of halogens is 1. The van der Waals surface area contributed by atoms with E-state index in [1.165, 1.54) is 22.5 Å². The molecule has 1 aliphatic rings. The summed E-state index contributed by atoms with van der Waals surface area (Å²) in [7, 11) is -7.24. The van der Waals surface area contributed by atoms with Crippen LogP contribution in [-0.2, 0) is 24.7 Å². The molecule has 0 aromatic heterocycles. The average molecular weight is 437 g/mol. The number of carbonyl (C=O) groups excluding carboxylic acids is 1. The highest BCUT2D eigenvalue weighted by molar-refractivity contribution is 7.92. The minimum absolute atomic E-state index is 0.0382. The third kappa shape index (κ3) is 6.17. The third-order valence-corrected chi connectivity index (χ3v) is 8.30. The van der Waals surface area contributed by atoms with Crippen LogP contribution in [0.2, 0.25) is 5.02 Å². The largest absolute Gasteiger partial charge is 0.325 e. The van der Waals surface area contributed by atoms with Gasteiger partial charge >= 0.3 is 0 Å². The number of nitrogens with zero attached hydrogens (tertiary/aromatic N) is 1. The highest BCUT2D eigenvalue weighted by Crippen LogP contribution is 2.29. The first kappa shape index (κ1) is 22.1. The summed E-state index contributed by atoms with van der Waals surface area (Å²) in [5.74, 6) is -1.37. The maximum absolute atomic E-state index is 12.7. The number of hydrogen-bond acceptors (Lipinski definition) is 5. The minimum Gasteiger partial charge on any atom is -0.325 e. The summed E-state index contributed by atoms with van der Waals surface area (Å²) < 4.78 is 50.7. The van der Waals surface area contributed by atoms with E-state index in [1.807, 2.05) is 6.92 Å². The van der Waals surface area contributed by atoms with Crippen LogP contribution < -0.4 is 5.32 Å². The Hall–Kier alpha value is -1.16. The van der Waals surface area contributed by atoms with Crippen molar-refractivity contribution < 1.29 is 21.6 Å². The second-order valence-electron chi connectivity index (χ2n) is 6.60. The molecule has 1 saturated heterocycles. The number of amides is 1. The standard InChI is InChI=1S/C17H25ClN2O5S2/c1-2-3-6-11-26(22,23)13-17(21)19-14-7-8-15(18)16(12-14)27(24,25)20-9-4-5-10-20/h7-8,12H,2-6,9-11,13H2,1H3,(H,19,21). The first-order valence-electron chi connectivity index (χ1n) is 8.95. The Labute approximate surface area is 166 Å².